The standard InChI is InChI=1S/C15H22N2O5S2/c1-10(2)8-16-24(21,22)14-6-5-13(7-11(14)3)17-15(18)12(4)9-23(17,19)20/h5-7,10,12,16H,8-9H2,1-4H3. The van der Waals surface area contributed by atoms with Crippen LogP contribution in [0.2, 0.25) is 0 Å². The molecule has 1 aromatic carbocycles. The van der Waals surface area contributed by atoms with E-state index in [9.17, 15) is 21.6 Å². The molecule has 1 heterocycles. The topological polar surface area (TPSA) is 101 Å². The van der Waals surface area contributed by atoms with Crippen LogP contribution in [0, 0.1) is 18.8 Å². The molecule has 0 saturated carbocycles. The van der Waals surface area contributed by atoms with Crippen molar-refractivity contribution in [2.24, 2.45) is 11.8 Å². The smallest absolute Gasteiger partial charge is 0.244 e. The van der Waals surface area contributed by atoms with E-state index in [0.29, 0.717) is 12.1 Å². The molecule has 1 fully saturated rings. The highest BCUT2D eigenvalue weighted by molar-refractivity contribution is 7.94. The molecule has 0 spiro atoms. The molecule has 0 bridgehead atoms. The zero-order valence-electron chi connectivity index (χ0n) is 14.1. The Hall–Kier alpha value is -1.45. The quantitative estimate of drug-likeness (QED) is 0.836. The van der Waals surface area contributed by atoms with Crippen LogP contribution < -0.4 is 9.03 Å². The minimum absolute atomic E-state index is 0.0731. The monoisotopic (exact) mass is 374 g/mol. The number of amides is 1. The van der Waals surface area contributed by atoms with Crippen LogP contribution in [0.15, 0.2) is 23.1 Å². The van der Waals surface area contributed by atoms with E-state index in [4.69, 9.17) is 0 Å². The van der Waals surface area contributed by atoms with E-state index in [0.717, 1.165) is 4.31 Å². The Bertz CT molecular complexity index is 860. The van der Waals surface area contributed by atoms with Gasteiger partial charge in [-0.15, -0.1) is 0 Å². The van der Waals surface area contributed by atoms with Crippen molar-refractivity contribution >= 4 is 31.6 Å². The number of nitrogens with one attached hydrogen (secondary N) is 1. The summed E-state index contributed by atoms with van der Waals surface area (Å²) in [5.41, 5.74) is 0.552. The Kier molecular flexibility index (Phi) is 5.08. The maximum absolute atomic E-state index is 12.3. The van der Waals surface area contributed by atoms with Gasteiger partial charge >= 0.3 is 0 Å². The zero-order valence-corrected chi connectivity index (χ0v) is 15.7. The molecule has 0 radical (unpaired) electrons. The van der Waals surface area contributed by atoms with Crippen LogP contribution in [0.4, 0.5) is 5.69 Å². The van der Waals surface area contributed by atoms with Gasteiger partial charge in [0.2, 0.25) is 26.0 Å². The van der Waals surface area contributed by atoms with Crippen molar-refractivity contribution in [3.63, 3.8) is 0 Å². The summed E-state index contributed by atoms with van der Waals surface area (Å²) >= 11 is 0. The van der Waals surface area contributed by atoms with Crippen molar-refractivity contribution in [3.05, 3.63) is 23.8 Å². The zero-order chi connectivity index (χ0) is 18.3. The van der Waals surface area contributed by atoms with Crippen LogP contribution in [-0.2, 0) is 24.8 Å². The van der Waals surface area contributed by atoms with E-state index in [-0.39, 0.29) is 22.3 Å². The number of sulfonamides is 2. The molecule has 1 unspecified atom stereocenters. The number of rotatable bonds is 5. The molecule has 0 aliphatic carbocycles. The van der Waals surface area contributed by atoms with E-state index in [1.54, 1.807) is 13.8 Å². The van der Waals surface area contributed by atoms with E-state index in [1.165, 1.54) is 18.2 Å². The van der Waals surface area contributed by atoms with E-state index in [2.05, 4.69) is 4.72 Å². The SMILES string of the molecule is Cc1cc(N2C(=O)C(C)CS2(=O)=O)ccc1S(=O)(=O)NCC(C)C. The first-order chi connectivity index (χ1) is 11.0. The number of carbonyl (C=O) groups excluding carboxylic acids is 1. The highest BCUT2D eigenvalue weighted by Gasteiger charge is 2.42. The van der Waals surface area contributed by atoms with E-state index in [1.807, 2.05) is 13.8 Å². The second kappa shape index (κ2) is 6.45. The summed E-state index contributed by atoms with van der Waals surface area (Å²) in [5, 5.41) is 0. The summed E-state index contributed by atoms with van der Waals surface area (Å²) in [4.78, 5) is 12.2. The molecule has 24 heavy (non-hydrogen) atoms. The third-order valence-corrected chi connectivity index (χ3v) is 7.18. The summed E-state index contributed by atoms with van der Waals surface area (Å²) in [6, 6.07) is 4.10. The molecule has 134 valence electrons. The molecule has 1 N–H and O–H groups in total. The van der Waals surface area contributed by atoms with Gasteiger partial charge in [0.1, 0.15) is 0 Å². The summed E-state index contributed by atoms with van der Waals surface area (Å²) in [6.45, 7) is 7.22. The largest absolute Gasteiger partial charge is 0.273 e. The van der Waals surface area contributed by atoms with Gasteiger partial charge in [-0.1, -0.05) is 20.8 Å². The van der Waals surface area contributed by atoms with Crippen LogP contribution in [0.1, 0.15) is 26.3 Å². The Balaban J connectivity index is 2.39. The first-order valence-corrected chi connectivity index (χ1v) is 10.7. The molecule has 1 aromatic rings. The molecule has 9 heteroatoms. The molecular weight excluding hydrogens is 352 g/mol. The highest BCUT2D eigenvalue weighted by Crippen LogP contribution is 2.30. The van der Waals surface area contributed by atoms with Gasteiger partial charge in [-0.3, -0.25) is 4.79 Å². The van der Waals surface area contributed by atoms with Gasteiger partial charge in [0.15, 0.2) is 0 Å². The molecule has 1 saturated heterocycles. The second-order valence-electron chi connectivity index (χ2n) is 6.48. The first-order valence-electron chi connectivity index (χ1n) is 7.63. The Morgan fingerprint density at radius 2 is 1.96 bits per heavy atom. The Morgan fingerprint density at radius 1 is 1.33 bits per heavy atom. The number of hydrogen-bond acceptors (Lipinski definition) is 5. The second-order valence-corrected chi connectivity index (χ2v) is 10.1. The molecule has 2 rings (SSSR count). The number of hydrogen-bond donors (Lipinski definition) is 1. The number of carbonyl (C=O) groups is 1. The average Bonchev–Trinajstić information content (AvgIpc) is 2.64. The maximum atomic E-state index is 12.3. The number of benzene rings is 1. The van der Waals surface area contributed by atoms with Gasteiger partial charge < -0.3 is 0 Å². The van der Waals surface area contributed by atoms with Crippen LogP contribution in [0.5, 0.6) is 0 Å². The molecule has 7 nitrogen and oxygen atoms in total. The van der Waals surface area contributed by atoms with Crippen molar-refractivity contribution in [3.8, 4) is 0 Å². The fraction of sp³-hybridized carbons (Fsp3) is 0.533. The van der Waals surface area contributed by atoms with Gasteiger partial charge in [0, 0.05) is 6.54 Å². The molecule has 0 aromatic heterocycles. The summed E-state index contributed by atoms with van der Waals surface area (Å²) in [6.07, 6.45) is 0. The normalized spacial score (nSPS) is 20.8. The fourth-order valence-corrected chi connectivity index (χ4v) is 5.75. The molecule has 1 aliphatic heterocycles. The Labute approximate surface area is 143 Å². The molecule has 1 atom stereocenters. The van der Waals surface area contributed by atoms with Crippen LogP contribution in [0.25, 0.3) is 0 Å². The molecule has 1 amide bonds. The van der Waals surface area contributed by atoms with E-state index >= 15 is 0 Å². The predicted molar refractivity (Wildman–Crippen MR) is 91.6 cm³/mol. The number of aryl methyl sites for hydroxylation is 1. The van der Waals surface area contributed by atoms with Crippen LogP contribution in [0.3, 0.4) is 0 Å². The van der Waals surface area contributed by atoms with E-state index < -0.39 is 31.9 Å². The van der Waals surface area contributed by atoms with Gasteiger partial charge in [0.25, 0.3) is 0 Å². The number of anilines is 1. The lowest BCUT2D eigenvalue weighted by Crippen LogP contribution is -2.31. The van der Waals surface area contributed by atoms with Crippen molar-refractivity contribution in [2.45, 2.75) is 32.6 Å². The summed E-state index contributed by atoms with van der Waals surface area (Å²) in [7, 11) is -7.39. The van der Waals surface area contributed by atoms with Crippen LogP contribution in [-0.4, -0.2) is 35.0 Å². The van der Waals surface area contributed by atoms with Gasteiger partial charge in [-0.25, -0.2) is 25.9 Å². The first kappa shape index (κ1) is 18.9. The van der Waals surface area contributed by atoms with Gasteiger partial charge in [0.05, 0.1) is 22.3 Å². The summed E-state index contributed by atoms with van der Waals surface area (Å²) < 4.78 is 52.2. The predicted octanol–water partition coefficient (Wildman–Crippen LogP) is 1.24. The van der Waals surface area contributed by atoms with Crippen molar-refractivity contribution in [2.75, 3.05) is 16.6 Å². The average molecular weight is 374 g/mol. The van der Waals surface area contributed by atoms with Crippen molar-refractivity contribution in [1.29, 1.82) is 0 Å². The number of nitrogens with zero attached hydrogens (tertiary/aromatic N) is 1. The van der Waals surface area contributed by atoms with Crippen molar-refractivity contribution in [1.82, 2.24) is 4.72 Å². The van der Waals surface area contributed by atoms with Gasteiger partial charge in [-0.2, -0.15) is 0 Å². The van der Waals surface area contributed by atoms with Gasteiger partial charge in [-0.05, 0) is 36.6 Å². The molecular formula is C15H22N2O5S2. The fourth-order valence-electron chi connectivity index (χ4n) is 2.50. The Morgan fingerprint density at radius 3 is 2.42 bits per heavy atom. The minimum atomic E-state index is -3.71. The lowest BCUT2D eigenvalue weighted by molar-refractivity contribution is -0.119. The maximum Gasteiger partial charge on any atom is 0.244 e. The third kappa shape index (κ3) is 3.62. The lowest BCUT2D eigenvalue weighted by Gasteiger charge is -2.17. The lowest BCUT2D eigenvalue weighted by atomic mass is 10.2. The molecule has 1 aliphatic rings. The summed E-state index contributed by atoms with van der Waals surface area (Å²) in [5.74, 6) is -1.18. The minimum Gasteiger partial charge on any atom is -0.273 e. The highest BCUT2D eigenvalue weighted by atomic mass is 32.2. The van der Waals surface area contributed by atoms with Crippen molar-refractivity contribution < 1.29 is 21.6 Å². The third-order valence-electron chi connectivity index (χ3n) is 3.72. The van der Waals surface area contributed by atoms with Crippen LogP contribution >= 0.6 is 0 Å².